The second-order valence-electron chi connectivity index (χ2n) is 4.10. The van der Waals surface area contributed by atoms with Crippen LogP contribution in [0, 0.1) is 11.8 Å². The molecule has 0 aliphatic heterocycles. The van der Waals surface area contributed by atoms with Crippen molar-refractivity contribution in [2.24, 2.45) is 7.05 Å². The Kier molecular flexibility index (Phi) is 6.14. The van der Waals surface area contributed by atoms with E-state index in [1.54, 1.807) is 0 Å². The van der Waals surface area contributed by atoms with Crippen LogP contribution in [0.15, 0.2) is 54.7 Å². The Bertz CT molecular complexity index is 686. The molecule has 1 heterocycles. The second-order valence-corrected chi connectivity index (χ2v) is 4.10. The standard InChI is InChI=1S/C14H12N.C2HF3O2/c1-15-12-6-5-9-14(15)11-10-13-7-3-2-4-8-13;3-2(4,5)1(6)7/h2-9,12H,1H3;(H,6,7)/q+1;/p-1. The van der Waals surface area contributed by atoms with Crippen molar-refractivity contribution in [3.8, 4) is 11.8 Å². The Hall–Kier alpha value is -2.81. The number of aryl methyl sites for hydroxylation is 1. The molecule has 114 valence electrons. The van der Waals surface area contributed by atoms with E-state index in [9.17, 15) is 13.2 Å². The number of aromatic nitrogens is 1. The number of carboxylic acid groups (broad SMARTS) is 1. The van der Waals surface area contributed by atoms with Crippen molar-refractivity contribution in [2.45, 2.75) is 6.18 Å². The fourth-order valence-corrected chi connectivity index (χ4v) is 1.31. The van der Waals surface area contributed by atoms with Crippen LogP contribution < -0.4 is 9.67 Å². The van der Waals surface area contributed by atoms with Crippen LogP contribution >= 0.6 is 0 Å². The summed E-state index contributed by atoms with van der Waals surface area (Å²) in [5.41, 5.74) is 2.06. The number of benzene rings is 1. The molecule has 22 heavy (non-hydrogen) atoms. The zero-order valence-corrected chi connectivity index (χ0v) is 11.6. The van der Waals surface area contributed by atoms with Gasteiger partial charge in [0, 0.05) is 23.6 Å². The predicted octanol–water partition coefficient (Wildman–Crippen LogP) is 1.21. The fraction of sp³-hybridized carbons (Fsp3) is 0.125. The number of halogens is 3. The Morgan fingerprint density at radius 2 is 1.59 bits per heavy atom. The van der Waals surface area contributed by atoms with Crippen molar-refractivity contribution < 1.29 is 27.6 Å². The summed E-state index contributed by atoms with van der Waals surface area (Å²) < 4.78 is 33.6. The predicted molar refractivity (Wildman–Crippen MR) is 71.1 cm³/mol. The van der Waals surface area contributed by atoms with Crippen molar-refractivity contribution in [3.63, 3.8) is 0 Å². The smallest absolute Gasteiger partial charge is 0.430 e. The summed E-state index contributed by atoms with van der Waals surface area (Å²) in [6.45, 7) is 0. The first kappa shape index (κ1) is 17.2. The van der Waals surface area contributed by atoms with Crippen LogP contribution in [-0.2, 0) is 11.8 Å². The molecule has 0 N–H and O–H groups in total. The van der Waals surface area contributed by atoms with Gasteiger partial charge in [0.25, 0.3) is 5.69 Å². The van der Waals surface area contributed by atoms with Crippen molar-refractivity contribution in [1.82, 2.24) is 0 Å². The number of carboxylic acids is 1. The molecule has 0 atom stereocenters. The molecule has 1 aromatic carbocycles. The zero-order valence-electron chi connectivity index (χ0n) is 11.6. The van der Waals surface area contributed by atoms with Gasteiger partial charge in [-0.3, -0.25) is 0 Å². The van der Waals surface area contributed by atoms with E-state index < -0.39 is 12.1 Å². The number of alkyl halides is 3. The molecule has 0 radical (unpaired) electrons. The van der Waals surface area contributed by atoms with E-state index >= 15 is 0 Å². The van der Waals surface area contributed by atoms with Crippen LogP contribution in [0.4, 0.5) is 13.2 Å². The van der Waals surface area contributed by atoms with E-state index in [1.165, 1.54) is 0 Å². The molecule has 0 aliphatic rings. The Balaban J connectivity index is 0.000000295. The van der Waals surface area contributed by atoms with Gasteiger partial charge in [0.2, 0.25) is 0 Å². The monoisotopic (exact) mass is 307 g/mol. The van der Waals surface area contributed by atoms with E-state index in [0.717, 1.165) is 11.3 Å². The molecule has 3 nitrogen and oxygen atoms in total. The minimum Gasteiger partial charge on any atom is -0.542 e. The molecule has 0 spiro atoms. The number of carbonyl (C=O) groups is 1. The summed E-state index contributed by atoms with van der Waals surface area (Å²) in [6, 6.07) is 16.0. The first-order chi connectivity index (χ1) is 10.3. The quantitative estimate of drug-likeness (QED) is 0.542. The average molecular weight is 307 g/mol. The van der Waals surface area contributed by atoms with Gasteiger partial charge in [-0.1, -0.05) is 24.1 Å². The summed E-state index contributed by atoms with van der Waals surface area (Å²) in [5, 5.41) is 8.78. The first-order valence-electron chi connectivity index (χ1n) is 6.10. The SMILES string of the molecule is C[n+]1ccccc1C#Cc1ccccc1.O=C([O-])C(F)(F)F. The van der Waals surface area contributed by atoms with Crippen molar-refractivity contribution in [3.05, 3.63) is 66.0 Å². The molecular weight excluding hydrogens is 295 g/mol. The number of pyridine rings is 1. The maximum absolute atomic E-state index is 10.5. The maximum atomic E-state index is 10.5. The Morgan fingerprint density at radius 1 is 1.05 bits per heavy atom. The van der Waals surface area contributed by atoms with Gasteiger partial charge in [0.1, 0.15) is 13.0 Å². The van der Waals surface area contributed by atoms with Crippen LogP contribution in [-0.4, -0.2) is 12.1 Å². The largest absolute Gasteiger partial charge is 0.542 e. The summed E-state index contributed by atoms with van der Waals surface area (Å²) in [7, 11) is 2.00. The van der Waals surface area contributed by atoms with Gasteiger partial charge in [-0.15, -0.1) is 0 Å². The number of carbonyl (C=O) groups excluding carboxylic acids is 1. The molecular formula is C16H12F3NO2. The van der Waals surface area contributed by atoms with E-state index in [0.29, 0.717) is 0 Å². The van der Waals surface area contributed by atoms with Crippen LogP contribution in [0.3, 0.4) is 0 Å². The average Bonchev–Trinajstić information content (AvgIpc) is 2.47. The molecule has 1 aromatic heterocycles. The number of nitrogens with zero attached hydrogens (tertiary/aromatic N) is 1. The van der Waals surface area contributed by atoms with Gasteiger partial charge in [-0.05, 0) is 18.2 Å². The molecule has 2 aromatic rings. The highest BCUT2D eigenvalue weighted by atomic mass is 19.4. The summed E-state index contributed by atoms with van der Waals surface area (Å²) in [6.07, 6.45) is -3.20. The van der Waals surface area contributed by atoms with Crippen LogP contribution in [0.2, 0.25) is 0 Å². The van der Waals surface area contributed by atoms with E-state index in [1.807, 2.05) is 66.3 Å². The van der Waals surface area contributed by atoms with E-state index in [4.69, 9.17) is 9.90 Å². The lowest BCUT2D eigenvalue weighted by Crippen LogP contribution is -2.37. The minimum absolute atomic E-state index is 1.02. The highest BCUT2D eigenvalue weighted by molar-refractivity contribution is 5.70. The van der Waals surface area contributed by atoms with Gasteiger partial charge in [-0.25, -0.2) is 0 Å². The molecule has 0 fully saturated rings. The molecule has 0 amide bonds. The topological polar surface area (TPSA) is 44.0 Å². The third-order valence-corrected chi connectivity index (χ3v) is 2.40. The molecule has 0 bridgehead atoms. The summed E-state index contributed by atoms with van der Waals surface area (Å²) in [4.78, 5) is 8.78. The number of rotatable bonds is 0. The summed E-state index contributed by atoms with van der Waals surface area (Å²) >= 11 is 0. The van der Waals surface area contributed by atoms with Gasteiger partial charge in [0.15, 0.2) is 6.20 Å². The Morgan fingerprint density at radius 3 is 2.09 bits per heavy atom. The summed E-state index contributed by atoms with van der Waals surface area (Å²) in [5.74, 6) is 3.27. The fourth-order valence-electron chi connectivity index (χ4n) is 1.31. The molecule has 0 unspecified atom stereocenters. The minimum atomic E-state index is -5.19. The normalized spacial score (nSPS) is 9.82. The van der Waals surface area contributed by atoms with Gasteiger partial charge >= 0.3 is 6.18 Å². The lowest BCUT2D eigenvalue weighted by Gasteiger charge is -2.03. The van der Waals surface area contributed by atoms with Crippen molar-refractivity contribution >= 4 is 5.97 Å². The van der Waals surface area contributed by atoms with Crippen molar-refractivity contribution in [1.29, 1.82) is 0 Å². The number of aliphatic carboxylic acids is 1. The highest BCUT2D eigenvalue weighted by Gasteiger charge is 2.28. The van der Waals surface area contributed by atoms with Crippen molar-refractivity contribution in [2.75, 3.05) is 0 Å². The first-order valence-corrected chi connectivity index (χ1v) is 6.10. The third kappa shape index (κ3) is 6.09. The maximum Gasteiger partial charge on any atom is 0.430 e. The number of hydrogen-bond acceptors (Lipinski definition) is 2. The van der Waals surface area contributed by atoms with Gasteiger partial charge in [0.05, 0.1) is 0 Å². The van der Waals surface area contributed by atoms with Crippen LogP contribution in [0.1, 0.15) is 11.3 Å². The highest BCUT2D eigenvalue weighted by Crippen LogP contribution is 2.11. The van der Waals surface area contributed by atoms with Gasteiger partial charge < -0.3 is 9.90 Å². The molecule has 0 saturated carbocycles. The molecule has 2 rings (SSSR count). The van der Waals surface area contributed by atoms with E-state index in [2.05, 4.69) is 11.8 Å². The lowest BCUT2D eigenvalue weighted by atomic mass is 10.2. The molecule has 6 heteroatoms. The zero-order chi connectivity index (χ0) is 16.6. The molecule has 0 saturated heterocycles. The lowest BCUT2D eigenvalue weighted by molar-refractivity contribution is -0.673. The van der Waals surface area contributed by atoms with E-state index in [-0.39, 0.29) is 0 Å². The molecule has 0 aliphatic carbocycles. The van der Waals surface area contributed by atoms with Gasteiger partial charge in [-0.2, -0.15) is 17.7 Å². The number of hydrogen-bond donors (Lipinski definition) is 0. The van der Waals surface area contributed by atoms with Crippen LogP contribution in [0.25, 0.3) is 0 Å². The second kappa shape index (κ2) is 7.84. The van der Waals surface area contributed by atoms with Crippen LogP contribution in [0.5, 0.6) is 0 Å². The third-order valence-electron chi connectivity index (χ3n) is 2.40. The Labute approximate surface area is 125 Å².